The van der Waals surface area contributed by atoms with Gasteiger partial charge in [0.1, 0.15) is 5.76 Å². The highest BCUT2D eigenvalue weighted by Gasteiger charge is 2.17. The van der Waals surface area contributed by atoms with Crippen LogP contribution in [0.2, 0.25) is 5.02 Å². The highest BCUT2D eigenvalue weighted by atomic mass is 35.5. The molecule has 0 saturated carbocycles. The Balaban J connectivity index is 2.53. The van der Waals surface area contributed by atoms with Crippen molar-refractivity contribution < 1.29 is 14.3 Å². The number of rotatable bonds is 2. The smallest absolute Gasteiger partial charge is 0.358 e. The lowest BCUT2D eigenvalue weighted by molar-refractivity contribution is 0.0689. The van der Waals surface area contributed by atoms with Crippen molar-refractivity contribution in [2.45, 2.75) is 13.8 Å². The summed E-state index contributed by atoms with van der Waals surface area (Å²) in [6.45, 7) is 3.44. The van der Waals surface area contributed by atoms with Gasteiger partial charge in [0.15, 0.2) is 5.69 Å². The Labute approximate surface area is 103 Å². The molecule has 0 aliphatic heterocycles. The van der Waals surface area contributed by atoms with Crippen LogP contribution >= 0.6 is 11.6 Å². The van der Waals surface area contributed by atoms with E-state index in [0.29, 0.717) is 16.7 Å². The summed E-state index contributed by atoms with van der Waals surface area (Å²) < 4.78 is 5.35. The topological polar surface area (TPSA) is 63.3 Å². The van der Waals surface area contributed by atoms with Gasteiger partial charge in [0.05, 0.1) is 0 Å². The first kappa shape index (κ1) is 11.7. The lowest BCUT2D eigenvalue weighted by Gasteiger charge is -2.01. The third kappa shape index (κ3) is 2.17. The van der Waals surface area contributed by atoms with Crippen molar-refractivity contribution in [2.24, 2.45) is 0 Å². The maximum absolute atomic E-state index is 10.9. The summed E-state index contributed by atoms with van der Waals surface area (Å²) in [4.78, 5) is 14.8. The number of nitrogens with zero attached hydrogens (tertiary/aromatic N) is 1. The zero-order valence-electron chi connectivity index (χ0n) is 9.32. The molecule has 5 heteroatoms. The van der Waals surface area contributed by atoms with Gasteiger partial charge in [-0.1, -0.05) is 11.6 Å². The SMILES string of the molecule is Cc1cc(Cl)ccc1-c1nc(C(=O)O)c(C)o1. The summed E-state index contributed by atoms with van der Waals surface area (Å²) in [5.41, 5.74) is 1.56. The van der Waals surface area contributed by atoms with Crippen molar-refractivity contribution in [1.82, 2.24) is 4.98 Å². The fraction of sp³-hybridized carbons (Fsp3) is 0.167. The van der Waals surface area contributed by atoms with Gasteiger partial charge in [-0.15, -0.1) is 0 Å². The maximum Gasteiger partial charge on any atom is 0.358 e. The number of carboxylic acids is 1. The second-order valence-electron chi connectivity index (χ2n) is 3.69. The second-order valence-corrected chi connectivity index (χ2v) is 4.12. The summed E-state index contributed by atoms with van der Waals surface area (Å²) in [7, 11) is 0. The zero-order chi connectivity index (χ0) is 12.6. The molecule has 0 radical (unpaired) electrons. The van der Waals surface area contributed by atoms with Crippen molar-refractivity contribution >= 4 is 17.6 Å². The average Bonchev–Trinajstić information content (AvgIpc) is 2.60. The van der Waals surface area contributed by atoms with Crippen LogP contribution in [-0.4, -0.2) is 16.1 Å². The maximum atomic E-state index is 10.9. The molecule has 1 N–H and O–H groups in total. The van der Waals surface area contributed by atoms with E-state index in [9.17, 15) is 4.79 Å². The number of hydrogen-bond acceptors (Lipinski definition) is 3. The van der Waals surface area contributed by atoms with Gasteiger partial charge in [0.25, 0.3) is 0 Å². The first-order chi connectivity index (χ1) is 7.99. The molecule has 2 aromatic rings. The van der Waals surface area contributed by atoms with Gasteiger partial charge in [-0.25, -0.2) is 9.78 Å². The molecule has 17 heavy (non-hydrogen) atoms. The first-order valence-electron chi connectivity index (χ1n) is 4.96. The fourth-order valence-corrected chi connectivity index (χ4v) is 1.80. The van der Waals surface area contributed by atoms with E-state index in [1.807, 2.05) is 6.92 Å². The van der Waals surface area contributed by atoms with Crippen LogP contribution in [0.15, 0.2) is 22.6 Å². The van der Waals surface area contributed by atoms with E-state index in [0.717, 1.165) is 11.1 Å². The molecule has 1 heterocycles. The lowest BCUT2D eigenvalue weighted by Crippen LogP contribution is -1.98. The van der Waals surface area contributed by atoms with E-state index in [1.165, 1.54) is 0 Å². The molecule has 0 bridgehead atoms. The summed E-state index contributed by atoms with van der Waals surface area (Å²) >= 11 is 5.85. The van der Waals surface area contributed by atoms with Crippen LogP contribution in [0, 0.1) is 13.8 Å². The second kappa shape index (κ2) is 4.22. The Hall–Kier alpha value is -1.81. The summed E-state index contributed by atoms with van der Waals surface area (Å²) in [6, 6.07) is 5.25. The summed E-state index contributed by atoms with van der Waals surface area (Å²) in [5, 5.41) is 9.51. The van der Waals surface area contributed by atoms with E-state index in [1.54, 1.807) is 25.1 Å². The summed E-state index contributed by atoms with van der Waals surface area (Å²) in [5.74, 6) is -0.500. The van der Waals surface area contributed by atoms with E-state index < -0.39 is 5.97 Å². The molecule has 0 fully saturated rings. The van der Waals surface area contributed by atoms with Gasteiger partial charge >= 0.3 is 5.97 Å². The van der Waals surface area contributed by atoms with Crippen LogP contribution in [0.3, 0.4) is 0 Å². The molecule has 0 spiro atoms. The third-order valence-corrected chi connectivity index (χ3v) is 2.65. The number of halogens is 1. The van der Waals surface area contributed by atoms with Crippen LogP contribution < -0.4 is 0 Å². The Morgan fingerprint density at radius 1 is 1.41 bits per heavy atom. The van der Waals surface area contributed by atoms with Gasteiger partial charge in [-0.2, -0.15) is 0 Å². The molecular weight excluding hydrogens is 242 g/mol. The Morgan fingerprint density at radius 3 is 2.65 bits per heavy atom. The van der Waals surface area contributed by atoms with Crippen LogP contribution in [0.5, 0.6) is 0 Å². The van der Waals surface area contributed by atoms with Gasteiger partial charge in [0, 0.05) is 10.6 Å². The standard InChI is InChI=1S/C12H10ClNO3/c1-6-5-8(13)3-4-9(6)11-14-10(12(15)16)7(2)17-11/h3-5H,1-2H3,(H,15,16). The number of oxazole rings is 1. The predicted octanol–water partition coefficient (Wildman–Crippen LogP) is 3.31. The fourth-order valence-electron chi connectivity index (χ4n) is 1.58. The molecule has 1 aromatic heterocycles. The Bertz CT molecular complexity index is 589. The van der Waals surface area contributed by atoms with Crippen LogP contribution in [0.1, 0.15) is 21.8 Å². The summed E-state index contributed by atoms with van der Waals surface area (Å²) in [6.07, 6.45) is 0. The molecule has 4 nitrogen and oxygen atoms in total. The van der Waals surface area contributed by atoms with Crippen LogP contribution in [0.4, 0.5) is 0 Å². The van der Waals surface area contributed by atoms with Gasteiger partial charge in [-0.05, 0) is 37.6 Å². The number of hydrogen-bond donors (Lipinski definition) is 1. The third-order valence-electron chi connectivity index (χ3n) is 2.42. The number of aryl methyl sites for hydroxylation is 2. The Morgan fingerprint density at radius 2 is 2.12 bits per heavy atom. The van der Waals surface area contributed by atoms with Crippen LogP contribution in [0.25, 0.3) is 11.5 Å². The van der Waals surface area contributed by atoms with E-state index in [2.05, 4.69) is 4.98 Å². The number of aromatic carboxylic acids is 1. The first-order valence-corrected chi connectivity index (χ1v) is 5.34. The molecule has 0 aliphatic rings. The number of aromatic nitrogens is 1. The van der Waals surface area contributed by atoms with E-state index in [4.69, 9.17) is 21.1 Å². The molecule has 0 atom stereocenters. The number of carboxylic acid groups (broad SMARTS) is 1. The molecule has 2 rings (SSSR count). The highest BCUT2D eigenvalue weighted by Crippen LogP contribution is 2.26. The van der Waals surface area contributed by atoms with Crippen molar-refractivity contribution in [1.29, 1.82) is 0 Å². The minimum absolute atomic E-state index is 0.0608. The Kier molecular flexibility index (Phi) is 2.90. The predicted molar refractivity (Wildman–Crippen MR) is 63.4 cm³/mol. The largest absolute Gasteiger partial charge is 0.476 e. The number of carbonyl (C=O) groups is 1. The van der Waals surface area contributed by atoms with Gasteiger partial charge in [-0.3, -0.25) is 0 Å². The number of benzene rings is 1. The molecule has 0 unspecified atom stereocenters. The quantitative estimate of drug-likeness (QED) is 0.889. The van der Waals surface area contributed by atoms with Gasteiger partial charge < -0.3 is 9.52 Å². The lowest BCUT2D eigenvalue weighted by atomic mass is 10.1. The van der Waals surface area contributed by atoms with E-state index in [-0.39, 0.29) is 5.69 Å². The van der Waals surface area contributed by atoms with E-state index >= 15 is 0 Å². The zero-order valence-corrected chi connectivity index (χ0v) is 10.1. The van der Waals surface area contributed by atoms with Crippen LogP contribution in [-0.2, 0) is 0 Å². The molecule has 0 aliphatic carbocycles. The normalized spacial score (nSPS) is 10.5. The highest BCUT2D eigenvalue weighted by molar-refractivity contribution is 6.30. The monoisotopic (exact) mass is 251 g/mol. The van der Waals surface area contributed by atoms with Crippen molar-refractivity contribution in [3.05, 3.63) is 40.2 Å². The molecule has 0 amide bonds. The van der Waals surface area contributed by atoms with Crippen molar-refractivity contribution in [3.63, 3.8) is 0 Å². The van der Waals surface area contributed by atoms with Crippen molar-refractivity contribution in [3.8, 4) is 11.5 Å². The molecule has 0 saturated heterocycles. The van der Waals surface area contributed by atoms with Gasteiger partial charge in [0.2, 0.25) is 5.89 Å². The van der Waals surface area contributed by atoms with Crippen molar-refractivity contribution in [2.75, 3.05) is 0 Å². The molecule has 88 valence electrons. The molecular formula is C12H10ClNO3. The minimum atomic E-state index is -1.09. The average molecular weight is 252 g/mol. The molecule has 1 aromatic carbocycles. The minimum Gasteiger partial charge on any atom is -0.476 e.